The molecule has 1 heteroatoms. The van der Waals surface area contributed by atoms with E-state index in [0.29, 0.717) is 0 Å². The van der Waals surface area contributed by atoms with Crippen molar-refractivity contribution in [3.05, 3.63) is 181 Å². The second kappa shape index (κ2) is 10.9. The van der Waals surface area contributed by atoms with Crippen LogP contribution >= 0.6 is 0 Å². The molecule has 11 aromatic rings. The summed E-state index contributed by atoms with van der Waals surface area (Å²) < 4.78 is 270. The van der Waals surface area contributed by atoms with Crippen LogP contribution in [0.4, 0.5) is 0 Å². The predicted molar refractivity (Wildman–Crippen MR) is 218 cm³/mol. The summed E-state index contributed by atoms with van der Waals surface area (Å²) in [6.45, 7) is 0. The first-order valence-electron chi connectivity index (χ1n) is 29.7. The molecule has 11 rings (SSSR count). The third kappa shape index (κ3) is 4.22. The fourth-order valence-corrected chi connectivity index (χ4v) is 6.52. The fraction of sp³-hybridized carbons (Fsp3) is 0. The van der Waals surface area contributed by atoms with Crippen LogP contribution in [0.3, 0.4) is 0 Å². The monoisotopic (exact) mass is 675 g/mol. The molecule has 0 atom stereocenters. The van der Waals surface area contributed by atoms with Crippen LogP contribution in [-0.4, -0.2) is 0 Å². The Hall–Kier alpha value is -6.70. The Bertz CT molecular complexity index is 4760. The molecule has 0 aliphatic rings. The van der Waals surface area contributed by atoms with Gasteiger partial charge in [0.05, 0.1) is 39.8 Å². The molecule has 1 aromatic heterocycles. The van der Waals surface area contributed by atoms with E-state index in [1.54, 1.807) is 0 Å². The lowest BCUT2D eigenvalue weighted by Crippen LogP contribution is -1.92. The molecule has 1 heterocycles. The molecule has 0 radical (unpaired) electrons. The van der Waals surface area contributed by atoms with Crippen LogP contribution < -0.4 is 0 Å². The van der Waals surface area contributed by atoms with Crippen molar-refractivity contribution in [1.82, 2.24) is 0 Å². The van der Waals surface area contributed by atoms with Crippen LogP contribution in [0.2, 0.25) is 0 Å². The van der Waals surface area contributed by atoms with Crippen LogP contribution in [-0.2, 0) is 0 Å². The zero-order chi connectivity index (χ0) is 58.7. The summed E-state index contributed by atoms with van der Waals surface area (Å²) in [7, 11) is 0. The first-order chi connectivity index (χ1) is 37.4. The lowest BCUT2D eigenvalue weighted by Gasteiger charge is -2.19. The Morgan fingerprint density at radius 3 is 1.63 bits per heavy atom. The van der Waals surface area contributed by atoms with E-state index in [0.717, 1.165) is 6.07 Å². The van der Waals surface area contributed by atoms with Gasteiger partial charge in [0, 0.05) is 10.8 Å². The van der Waals surface area contributed by atoms with Crippen molar-refractivity contribution in [2.24, 2.45) is 0 Å². The molecule has 0 N–H and O–H groups in total. The minimum absolute atomic E-state index is 0.331. The van der Waals surface area contributed by atoms with Gasteiger partial charge in [0.2, 0.25) is 0 Å². The normalized spacial score (nSPS) is 19.9. The smallest absolute Gasteiger partial charge is 0.136 e. The zero-order valence-corrected chi connectivity index (χ0v) is 25.5. The molecular formula is C50H30O. The molecular weight excluding hydrogens is 617 g/mol. The number of furan rings is 1. The maximum Gasteiger partial charge on any atom is 0.136 e. The Labute approximate surface area is 335 Å². The topological polar surface area (TPSA) is 13.1 Å². The molecule has 0 unspecified atom stereocenters. The van der Waals surface area contributed by atoms with Gasteiger partial charge in [-0.15, -0.1) is 0 Å². The van der Waals surface area contributed by atoms with E-state index < -0.39 is 279 Å². The average Bonchev–Trinajstić information content (AvgIpc) is 3.83. The van der Waals surface area contributed by atoms with Crippen molar-refractivity contribution in [1.29, 1.82) is 0 Å². The van der Waals surface area contributed by atoms with Gasteiger partial charge >= 0.3 is 0 Å². The number of fused-ring (bicyclic) bond motifs is 9. The highest BCUT2D eigenvalue weighted by Crippen LogP contribution is 2.47. The lowest BCUT2D eigenvalue weighted by molar-refractivity contribution is 0.669. The summed E-state index contributed by atoms with van der Waals surface area (Å²) in [6.07, 6.45) is 0. The van der Waals surface area contributed by atoms with Gasteiger partial charge in [0.25, 0.3) is 0 Å². The highest BCUT2D eigenvalue weighted by atomic mass is 16.3. The highest BCUT2D eigenvalue weighted by Gasteiger charge is 2.19. The van der Waals surface area contributed by atoms with Crippen molar-refractivity contribution in [3.8, 4) is 33.4 Å². The van der Waals surface area contributed by atoms with Crippen molar-refractivity contribution in [2.75, 3.05) is 0 Å². The van der Waals surface area contributed by atoms with Crippen molar-refractivity contribution in [2.45, 2.75) is 0 Å². The zero-order valence-electron chi connectivity index (χ0n) is 54.5. The van der Waals surface area contributed by atoms with E-state index in [4.69, 9.17) is 27.7 Å². The second-order valence-corrected chi connectivity index (χ2v) is 11.3. The largest absolute Gasteiger partial charge is 0.456 e. The minimum atomic E-state index is -1.12. The minimum Gasteiger partial charge on any atom is -0.456 e. The summed E-state index contributed by atoms with van der Waals surface area (Å²) in [4.78, 5) is 0. The van der Waals surface area contributed by atoms with Crippen molar-refractivity contribution >= 4 is 75.8 Å². The van der Waals surface area contributed by atoms with Crippen molar-refractivity contribution < 1.29 is 44.2 Å². The fourth-order valence-electron chi connectivity index (χ4n) is 6.52. The van der Waals surface area contributed by atoms with E-state index in [9.17, 15) is 16.4 Å². The molecule has 0 spiro atoms. The Kier molecular flexibility index (Phi) is 2.56. The van der Waals surface area contributed by atoms with Crippen LogP contribution in [0.15, 0.2) is 186 Å². The number of hydrogen-bond acceptors (Lipinski definition) is 1. The molecule has 0 saturated carbocycles. The number of rotatable bonds is 3. The SMILES string of the molecule is [2H]c1cc2c(c([2H])c1[2H])c(-c1c3c([2H])c([2H])c([2H])c([2H])c3c(-c3c([2H])c([2H])c(-c4c([2H])c([2H])c([2H])c5oc6c([2H])c7c([2H])c([2H])c([2H])c([2H])c7c([2H])c6c45)c([2H])c3[2H])c3c([2H])c([2H])c([2H])c([2H])c13)c([2H])c1c([2H])c([2H])c([2H])c([2H])c12. The third-order valence-electron chi connectivity index (χ3n) is 8.65. The van der Waals surface area contributed by atoms with Crippen molar-refractivity contribution in [3.63, 3.8) is 0 Å². The number of benzene rings is 10. The van der Waals surface area contributed by atoms with Gasteiger partial charge in [-0.2, -0.15) is 0 Å². The van der Waals surface area contributed by atoms with Gasteiger partial charge in [-0.05, 0) is 111 Å². The van der Waals surface area contributed by atoms with E-state index in [1.165, 1.54) is 0 Å². The Balaban J connectivity index is 1.39. The van der Waals surface area contributed by atoms with Crippen LogP contribution in [0, 0.1) is 0 Å². The lowest BCUT2D eigenvalue weighted by atomic mass is 9.83. The quantitative estimate of drug-likeness (QED) is 0.134. The van der Waals surface area contributed by atoms with E-state index >= 15 is 0 Å². The molecule has 0 aliphatic heterocycles. The van der Waals surface area contributed by atoms with E-state index in [1.807, 2.05) is 0 Å². The molecule has 0 saturated heterocycles. The number of hydrogen-bond donors (Lipinski definition) is 0. The first-order valence-corrected chi connectivity index (χ1v) is 15.2. The third-order valence-corrected chi connectivity index (χ3v) is 8.65. The molecule has 0 aliphatic carbocycles. The molecule has 10 aromatic carbocycles. The molecule has 1 nitrogen and oxygen atoms in total. The summed E-state index contributed by atoms with van der Waals surface area (Å²) in [6, 6.07) is -25.0. The molecule has 0 bridgehead atoms. The standard InChI is InChI=1S/C50H30O/c1-2-13-34-30-47-45(28-33(34)12-1)50-37(22-11-23-46(50)51-47)31-24-26-32(27-25-31)48-40-18-7-9-20-42(40)49(43-21-10-8-19-41(43)48)44-29-35-14-3-4-15-36(35)38-16-5-6-17-39(38)44/h1-30H/i1D,2D,3D,4D,5D,6D,7D,8D,9D,10D,11D,12D,13D,14D,15D,17D,18D,19D,20D,21D,22D,23D,24D,25D,26D,27D,28D,29D,30D. The second-order valence-electron chi connectivity index (χ2n) is 11.3. The predicted octanol–water partition coefficient (Wildman–Crippen LogP) is 14.4. The van der Waals surface area contributed by atoms with Gasteiger partial charge in [0.1, 0.15) is 11.2 Å². The average molecular weight is 676 g/mol. The molecule has 0 amide bonds. The summed E-state index contributed by atoms with van der Waals surface area (Å²) >= 11 is 0. The van der Waals surface area contributed by atoms with E-state index in [-0.39, 0.29) is 5.39 Å². The Morgan fingerprint density at radius 2 is 0.902 bits per heavy atom. The van der Waals surface area contributed by atoms with Crippen LogP contribution in [0.1, 0.15) is 39.8 Å². The van der Waals surface area contributed by atoms with Gasteiger partial charge in [0.15, 0.2) is 0 Å². The molecule has 0 fully saturated rings. The maximum absolute atomic E-state index is 9.83. The van der Waals surface area contributed by atoms with Gasteiger partial charge in [-0.1, -0.05) is 157 Å². The van der Waals surface area contributed by atoms with E-state index in [2.05, 4.69) is 0 Å². The maximum atomic E-state index is 9.83. The summed E-state index contributed by atoms with van der Waals surface area (Å²) in [5, 5.41) is -6.73. The summed E-state index contributed by atoms with van der Waals surface area (Å²) in [5.74, 6) is 0. The summed E-state index contributed by atoms with van der Waals surface area (Å²) in [5.41, 5.74) is -5.70. The van der Waals surface area contributed by atoms with Crippen LogP contribution in [0.25, 0.3) is 109 Å². The first kappa shape index (κ1) is 12.0. The van der Waals surface area contributed by atoms with Gasteiger partial charge in [-0.25, -0.2) is 0 Å². The van der Waals surface area contributed by atoms with Gasteiger partial charge in [-0.3, -0.25) is 0 Å². The molecule has 51 heavy (non-hydrogen) atoms. The Morgan fingerprint density at radius 1 is 0.333 bits per heavy atom. The molecule has 236 valence electrons. The van der Waals surface area contributed by atoms with Gasteiger partial charge < -0.3 is 4.42 Å². The highest BCUT2D eigenvalue weighted by molar-refractivity contribution is 6.26. The van der Waals surface area contributed by atoms with Crippen LogP contribution in [0.5, 0.6) is 0 Å².